The topological polar surface area (TPSA) is 97.7 Å². The van der Waals surface area contributed by atoms with Crippen molar-refractivity contribution in [2.75, 3.05) is 11.9 Å². The molecule has 178 valence electrons. The highest BCUT2D eigenvalue weighted by molar-refractivity contribution is 6.03. The number of allylic oxidation sites excluding steroid dienone is 2. The van der Waals surface area contributed by atoms with E-state index in [-0.39, 0.29) is 17.4 Å². The lowest BCUT2D eigenvalue weighted by Crippen LogP contribution is -2.42. The number of amides is 1. The van der Waals surface area contributed by atoms with Crippen LogP contribution in [0.1, 0.15) is 99.3 Å². The van der Waals surface area contributed by atoms with Gasteiger partial charge < -0.3 is 10.3 Å². The maximum Gasteiger partial charge on any atom is 0.291 e. The number of nitrogens with zero attached hydrogens (tertiary/aromatic N) is 4. The first-order chi connectivity index (χ1) is 16.4. The zero-order valence-electron chi connectivity index (χ0n) is 20.4. The normalized spacial score (nSPS) is 26.1. The first-order valence-electron chi connectivity index (χ1n) is 12.6. The van der Waals surface area contributed by atoms with E-state index in [0.29, 0.717) is 29.1 Å². The minimum Gasteiger partial charge on any atom is -0.326 e. The van der Waals surface area contributed by atoms with Crippen molar-refractivity contribution < 1.29 is 4.79 Å². The van der Waals surface area contributed by atoms with Crippen LogP contribution in [0.4, 0.5) is 5.69 Å². The number of nitriles is 1. The number of aromatic amines is 1. The number of pyridine rings is 1. The van der Waals surface area contributed by atoms with Gasteiger partial charge in [0.1, 0.15) is 11.8 Å². The molecule has 0 aromatic carbocycles. The van der Waals surface area contributed by atoms with Crippen LogP contribution in [-0.4, -0.2) is 44.4 Å². The number of imidazole rings is 1. The van der Waals surface area contributed by atoms with Gasteiger partial charge in [0.2, 0.25) is 0 Å². The molecule has 2 unspecified atom stereocenters. The summed E-state index contributed by atoms with van der Waals surface area (Å²) >= 11 is 0. The van der Waals surface area contributed by atoms with Gasteiger partial charge in [0.15, 0.2) is 5.82 Å². The standard InChI is InChI=1S/C27H34N6O/c1-4-33-20-5-6-21(33)14-18(13-20)22-7-8-23(32-26(34)25-29-16-19(15-28)30-25)24(31-22)17-9-11-27(2,3)12-10-17/h7-9,16,18,20-21H,4-6,10-14H2,1-3H3,(H,29,30)(H,32,34). The fraction of sp³-hybridized carbons (Fsp3) is 0.556. The molecule has 2 aromatic heterocycles. The van der Waals surface area contributed by atoms with Crippen LogP contribution in [0, 0.1) is 16.7 Å². The van der Waals surface area contributed by atoms with Crippen molar-refractivity contribution in [2.24, 2.45) is 5.41 Å². The number of rotatable bonds is 5. The second-order valence-electron chi connectivity index (χ2n) is 10.8. The van der Waals surface area contributed by atoms with Crippen LogP contribution in [-0.2, 0) is 0 Å². The van der Waals surface area contributed by atoms with Crippen LogP contribution in [0.15, 0.2) is 24.4 Å². The lowest BCUT2D eigenvalue weighted by molar-refractivity contribution is 0.101. The average Bonchev–Trinajstić information content (AvgIpc) is 3.41. The average molecular weight is 459 g/mol. The molecule has 4 heterocycles. The molecule has 2 aliphatic heterocycles. The molecule has 0 spiro atoms. The number of hydrogen-bond acceptors (Lipinski definition) is 5. The molecule has 2 N–H and O–H groups in total. The second kappa shape index (κ2) is 8.99. The fourth-order valence-corrected chi connectivity index (χ4v) is 6.05. The smallest absolute Gasteiger partial charge is 0.291 e. The van der Waals surface area contributed by atoms with Crippen LogP contribution in [0.5, 0.6) is 0 Å². The number of nitrogens with one attached hydrogen (secondary N) is 2. The molecule has 34 heavy (non-hydrogen) atoms. The predicted octanol–water partition coefficient (Wildman–Crippen LogP) is 5.25. The Hall–Kier alpha value is -2.98. The third-order valence-electron chi connectivity index (χ3n) is 8.02. The molecular formula is C27H34N6O. The van der Waals surface area contributed by atoms with Crippen molar-refractivity contribution in [3.63, 3.8) is 0 Å². The summed E-state index contributed by atoms with van der Waals surface area (Å²) in [6.45, 7) is 8.01. The number of carbonyl (C=O) groups excluding carboxylic acids is 1. The number of H-pyrrole nitrogens is 1. The van der Waals surface area contributed by atoms with Crippen molar-refractivity contribution >= 4 is 17.2 Å². The Morgan fingerprint density at radius 3 is 2.68 bits per heavy atom. The summed E-state index contributed by atoms with van der Waals surface area (Å²) in [7, 11) is 0. The van der Waals surface area contributed by atoms with Gasteiger partial charge in [0.05, 0.1) is 17.6 Å². The van der Waals surface area contributed by atoms with Crippen molar-refractivity contribution in [3.05, 3.63) is 47.3 Å². The molecule has 3 aliphatic rings. The Labute approximate surface area is 201 Å². The first-order valence-corrected chi connectivity index (χ1v) is 12.6. The van der Waals surface area contributed by atoms with E-state index in [1.807, 2.05) is 12.1 Å². The number of fused-ring (bicyclic) bond motifs is 2. The van der Waals surface area contributed by atoms with E-state index in [9.17, 15) is 4.79 Å². The highest BCUT2D eigenvalue weighted by Gasteiger charge is 2.40. The summed E-state index contributed by atoms with van der Waals surface area (Å²) in [4.78, 5) is 27.5. The third kappa shape index (κ3) is 4.39. The zero-order valence-corrected chi connectivity index (χ0v) is 20.4. The molecule has 2 aromatic rings. The zero-order chi connectivity index (χ0) is 23.9. The number of piperidine rings is 1. The van der Waals surface area contributed by atoms with E-state index in [2.05, 4.69) is 53.1 Å². The lowest BCUT2D eigenvalue weighted by Gasteiger charge is -2.38. The second-order valence-corrected chi connectivity index (χ2v) is 10.8. The van der Waals surface area contributed by atoms with E-state index in [0.717, 1.165) is 50.0 Å². The number of carbonyl (C=O) groups is 1. The molecule has 7 nitrogen and oxygen atoms in total. The van der Waals surface area contributed by atoms with Gasteiger partial charge in [-0.3, -0.25) is 14.7 Å². The Bertz CT molecular complexity index is 1140. The van der Waals surface area contributed by atoms with Crippen LogP contribution in [0.25, 0.3) is 5.57 Å². The minimum atomic E-state index is -0.358. The predicted molar refractivity (Wildman–Crippen MR) is 132 cm³/mol. The molecule has 2 saturated heterocycles. The summed E-state index contributed by atoms with van der Waals surface area (Å²) in [5.74, 6) is 0.241. The van der Waals surface area contributed by atoms with Crippen LogP contribution in [0.3, 0.4) is 0 Å². The Morgan fingerprint density at radius 2 is 2.06 bits per heavy atom. The first kappa shape index (κ1) is 22.8. The molecule has 0 radical (unpaired) electrons. The fourth-order valence-electron chi connectivity index (χ4n) is 6.05. The lowest BCUT2D eigenvalue weighted by atomic mass is 9.77. The maximum atomic E-state index is 12.9. The summed E-state index contributed by atoms with van der Waals surface area (Å²) in [6, 6.07) is 7.42. The van der Waals surface area contributed by atoms with Crippen LogP contribution in [0.2, 0.25) is 0 Å². The van der Waals surface area contributed by atoms with Gasteiger partial charge in [0, 0.05) is 23.7 Å². The monoisotopic (exact) mass is 458 g/mol. The highest BCUT2D eigenvalue weighted by atomic mass is 16.2. The summed E-state index contributed by atoms with van der Waals surface area (Å²) in [6.07, 6.45) is 11.6. The van der Waals surface area contributed by atoms with Crippen molar-refractivity contribution in [1.29, 1.82) is 5.26 Å². The Balaban J connectivity index is 1.45. The van der Waals surface area contributed by atoms with Gasteiger partial charge in [0.25, 0.3) is 5.91 Å². The largest absolute Gasteiger partial charge is 0.326 e. The van der Waals surface area contributed by atoms with Crippen molar-refractivity contribution in [3.8, 4) is 6.07 Å². The van der Waals surface area contributed by atoms with Crippen LogP contribution >= 0.6 is 0 Å². The third-order valence-corrected chi connectivity index (χ3v) is 8.02. The van der Waals surface area contributed by atoms with Crippen LogP contribution < -0.4 is 5.32 Å². The summed E-state index contributed by atoms with van der Waals surface area (Å²) in [5.41, 5.74) is 4.52. The Morgan fingerprint density at radius 1 is 1.29 bits per heavy atom. The highest BCUT2D eigenvalue weighted by Crippen LogP contribution is 2.44. The summed E-state index contributed by atoms with van der Waals surface area (Å²) < 4.78 is 0. The molecule has 2 atom stereocenters. The Kier molecular flexibility index (Phi) is 6.03. The van der Waals surface area contributed by atoms with Gasteiger partial charge in [-0.25, -0.2) is 4.98 Å². The van der Waals surface area contributed by atoms with Gasteiger partial charge >= 0.3 is 0 Å². The van der Waals surface area contributed by atoms with Gasteiger partial charge in [-0.15, -0.1) is 0 Å². The molecular weight excluding hydrogens is 424 g/mol. The van der Waals surface area contributed by atoms with Gasteiger partial charge in [-0.1, -0.05) is 26.8 Å². The molecule has 2 bridgehead atoms. The van der Waals surface area contributed by atoms with E-state index >= 15 is 0 Å². The number of aromatic nitrogens is 3. The van der Waals surface area contributed by atoms with E-state index in [1.165, 1.54) is 24.6 Å². The molecule has 1 amide bonds. The van der Waals surface area contributed by atoms with Gasteiger partial charge in [-0.2, -0.15) is 5.26 Å². The molecule has 7 heteroatoms. The number of anilines is 1. The molecule has 0 saturated carbocycles. The van der Waals surface area contributed by atoms with Gasteiger partial charge in [-0.05, 0) is 74.6 Å². The van der Waals surface area contributed by atoms with E-state index < -0.39 is 0 Å². The van der Waals surface area contributed by atoms with E-state index in [4.69, 9.17) is 10.2 Å². The van der Waals surface area contributed by atoms with Crippen molar-refractivity contribution in [1.82, 2.24) is 19.9 Å². The minimum absolute atomic E-state index is 0.133. The molecule has 2 fully saturated rings. The quantitative estimate of drug-likeness (QED) is 0.637. The maximum absolute atomic E-state index is 12.9. The molecule has 5 rings (SSSR count). The SMILES string of the molecule is CCN1C2CCC1CC(c1ccc(NC(=O)c3ncc(C#N)[nH]3)c(C3=CCC(C)(C)CC3)n1)C2. The van der Waals surface area contributed by atoms with E-state index in [1.54, 1.807) is 0 Å². The van der Waals surface area contributed by atoms with Crippen molar-refractivity contribution in [2.45, 2.75) is 83.7 Å². The summed E-state index contributed by atoms with van der Waals surface area (Å²) in [5, 5.41) is 12.0. The number of hydrogen-bond donors (Lipinski definition) is 2. The molecule has 1 aliphatic carbocycles.